The van der Waals surface area contributed by atoms with E-state index in [1.165, 1.54) is 16.2 Å². The van der Waals surface area contributed by atoms with E-state index in [0.717, 1.165) is 21.1 Å². The maximum Gasteiger partial charge on any atom is 0.326 e. The number of piperidine rings is 1. The molecule has 2 atom stereocenters. The van der Waals surface area contributed by atoms with Crippen molar-refractivity contribution in [3.05, 3.63) is 19.2 Å². The van der Waals surface area contributed by atoms with Crippen molar-refractivity contribution in [1.82, 2.24) is 4.90 Å². The molecule has 0 aromatic carbocycles. The second kappa shape index (κ2) is 6.58. The number of thiophene rings is 1. The molecule has 1 aromatic rings. The van der Waals surface area contributed by atoms with Gasteiger partial charge in [-0.3, -0.25) is 4.79 Å². The van der Waals surface area contributed by atoms with Crippen molar-refractivity contribution in [1.29, 1.82) is 0 Å². The van der Waals surface area contributed by atoms with Gasteiger partial charge in [-0.2, -0.15) is 0 Å². The van der Waals surface area contributed by atoms with Crippen molar-refractivity contribution in [2.24, 2.45) is 5.92 Å². The summed E-state index contributed by atoms with van der Waals surface area (Å²) >= 11 is 8.03. The Morgan fingerprint density at radius 2 is 2.20 bits per heavy atom. The summed E-state index contributed by atoms with van der Waals surface area (Å²) in [5, 5.41) is 9.37. The van der Waals surface area contributed by atoms with Gasteiger partial charge in [0.25, 0.3) is 5.91 Å². The Balaban J connectivity index is 2.21. The largest absolute Gasteiger partial charge is 0.480 e. The lowest BCUT2D eigenvalue weighted by atomic mass is 9.89. The van der Waals surface area contributed by atoms with E-state index < -0.39 is 12.0 Å². The van der Waals surface area contributed by atoms with Crippen LogP contribution in [0.3, 0.4) is 0 Å². The minimum atomic E-state index is -0.911. The van der Waals surface area contributed by atoms with Crippen LogP contribution < -0.4 is 0 Å². The Hall–Kier alpha value is -0.400. The number of hydrogen-bond donors (Lipinski definition) is 1. The Labute approximate surface area is 138 Å². The molecular weight excluding hydrogens is 410 g/mol. The first kappa shape index (κ1) is 16.0. The number of amides is 1. The number of nitrogens with zero attached hydrogens (tertiary/aromatic N) is 1. The number of rotatable bonds is 3. The number of carboxylic acid groups (broad SMARTS) is 1. The van der Waals surface area contributed by atoms with Gasteiger partial charge in [-0.1, -0.05) is 13.3 Å². The molecule has 1 fully saturated rings. The molecule has 1 N–H and O–H groups in total. The highest BCUT2D eigenvalue weighted by Gasteiger charge is 2.36. The van der Waals surface area contributed by atoms with Crippen LogP contribution in [-0.2, 0) is 4.79 Å². The normalized spacial score (nSPS) is 22.9. The molecule has 1 saturated heterocycles. The summed E-state index contributed by atoms with van der Waals surface area (Å²) in [5.74, 6) is -0.712. The third-order valence-electron chi connectivity index (χ3n) is 3.69. The van der Waals surface area contributed by atoms with E-state index in [4.69, 9.17) is 0 Å². The van der Waals surface area contributed by atoms with Gasteiger partial charge in [-0.15, -0.1) is 11.3 Å². The van der Waals surface area contributed by atoms with Crippen LogP contribution in [0.15, 0.2) is 14.3 Å². The van der Waals surface area contributed by atoms with E-state index in [-0.39, 0.29) is 5.91 Å². The molecule has 0 saturated carbocycles. The fourth-order valence-electron chi connectivity index (χ4n) is 2.48. The minimum Gasteiger partial charge on any atom is -0.480 e. The maximum atomic E-state index is 12.5. The molecule has 4 nitrogen and oxygen atoms in total. The Morgan fingerprint density at radius 3 is 2.70 bits per heavy atom. The molecule has 1 aliphatic rings. The molecule has 2 rings (SSSR count). The zero-order valence-electron chi connectivity index (χ0n) is 10.9. The molecule has 0 bridgehead atoms. The number of hydrogen-bond acceptors (Lipinski definition) is 3. The number of likely N-dealkylation sites (tertiary alicyclic amines) is 1. The number of carboxylic acids is 1. The quantitative estimate of drug-likeness (QED) is 0.797. The summed E-state index contributed by atoms with van der Waals surface area (Å²) in [4.78, 5) is 26.0. The monoisotopic (exact) mass is 423 g/mol. The van der Waals surface area contributed by atoms with E-state index in [9.17, 15) is 14.7 Å². The Kier molecular flexibility index (Phi) is 5.25. The standard InChI is InChI=1S/C13H15Br2NO3S/c1-2-7-3-4-16(9(5-7)13(18)19)12(17)10-6-8(14)11(15)20-10/h6-7,9H,2-5H2,1H3,(H,18,19). The Morgan fingerprint density at radius 1 is 1.50 bits per heavy atom. The van der Waals surface area contributed by atoms with Crippen molar-refractivity contribution in [3.8, 4) is 0 Å². The first-order valence-corrected chi connectivity index (χ1v) is 8.82. The second-order valence-electron chi connectivity index (χ2n) is 4.88. The zero-order chi connectivity index (χ0) is 14.9. The summed E-state index contributed by atoms with van der Waals surface area (Å²) in [6, 6.07) is 1.03. The number of aliphatic carboxylic acids is 1. The number of carbonyl (C=O) groups excluding carboxylic acids is 1. The van der Waals surface area contributed by atoms with Crippen LogP contribution in [0.4, 0.5) is 0 Å². The van der Waals surface area contributed by atoms with Crippen LogP contribution in [0, 0.1) is 5.92 Å². The second-order valence-corrected chi connectivity index (χ2v) is 8.11. The number of carbonyl (C=O) groups is 2. The molecular formula is C13H15Br2NO3S. The van der Waals surface area contributed by atoms with Gasteiger partial charge in [0, 0.05) is 11.0 Å². The van der Waals surface area contributed by atoms with Crippen LogP contribution >= 0.6 is 43.2 Å². The lowest BCUT2D eigenvalue weighted by Gasteiger charge is -2.36. The molecule has 0 radical (unpaired) electrons. The van der Waals surface area contributed by atoms with Crippen molar-refractivity contribution in [2.45, 2.75) is 32.2 Å². The molecule has 2 heterocycles. The third-order valence-corrected chi connectivity index (χ3v) is 6.93. The molecule has 110 valence electrons. The average Bonchev–Trinajstić information content (AvgIpc) is 2.77. The predicted octanol–water partition coefficient (Wildman–Crippen LogP) is 3.99. The summed E-state index contributed by atoms with van der Waals surface area (Å²) in [5.41, 5.74) is 0. The highest BCUT2D eigenvalue weighted by molar-refractivity contribution is 9.13. The minimum absolute atomic E-state index is 0.191. The van der Waals surface area contributed by atoms with Crippen molar-refractivity contribution in [3.63, 3.8) is 0 Å². The SMILES string of the molecule is CCC1CCN(C(=O)c2cc(Br)c(Br)s2)C(C(=O)O)C1. The van der Waals surface area contributed by atoms with E-state index in [1.807, 2.05) is 0 Å². The fraction of sp³-hybridized carbons (Fsp3) is 0.538. The molecule has 1 amide bonds. The summed E-state index contributed by atoms with van der Waals surface area (Å²) in [6.07, 6.45) is 2.38. The lowest BCUT2D eigenvalue weighted by molar-refractivity contribution is -0.144. The first-order chi connectivity index (χ1) is 9.43. The van der Waals surface area contributed by atoms with E-state index in [1.54, 1.807) is 6.07 Å². The zero-order valence-corrected chi connectivity index (χ0v) is 14.9. The molecule has 7 heteroatoms. The van der Waals surface area contributed by atoms with Crippen LogP contribution in [0.25, 0.3) is 0 Å². The van der Waals surface area contributed by atoms with Crippen molar-refractivity contribution in [2.75, 3.05) is 6.54 Å². The van der Waals surface area contributed by atoms with Gasteiger partial charge in [0.2, 0.25) is 0 Å². The van der Waals surface area contributed by atoms with Gasteiger partial charge in [0.05, 0.1) is 8.66 Å². The Bertz CT molecular complexity index is 512. The van der Waals surface area contributed by atoms with Crippen LogP contribution in [-0.4, -0.2) is 34.5 Å². The fourth-order valence-corrected chi connectivity index (χ4v) is 4.47. The van der Waals surface area contributed by atoms with Crippen LogP contribution in [0.1, 0.15) is 35.9 Å². The number of halogens is 2. The van der Waals surface area contributed by atoms with E-state index in [0.29, 0.717) is 23.8 Å². The molecule has 1 aromatic heterocycles. The predicted molar refractivity (Wildman–Crippen MR) is 85.2 cm³/mol. The van der Waals surface area contributed by atoms with Crippen molar-refractivity contribution < 1.29 is 14.7 Å². The van der Waals surface area contributed by atoms with Crippen LogP contribution in [0.2, 0.25) is 0 Å². The summed E-state index contributed by atoms with van der Waals surface area (Å²) in [6.45, 7) is 2.58. The van der Waals surface area contributed by atoms with Crippen LogP contribution in [0.5, 0.6) is 0 Å². The molecule has 2 unspecified atom stereocenters. The molecule has 0 spiro atoms. The molecule has 1 aliphatic heterocycles. The highest BCUT2D eigenvalue weighted by atomic mass is 79.9. The van der Waals surface area contributed by atoms with Gasteiger partial charge in [-0.25, -0.2) is 4.79 Å². The first-order valence-electron chi connectivity index (χ1n) is 6.42. The maximum absolute atomic E-state index is 12.5. The van der Waals surface area contributed by atoms with Gasteiger partial charge < -0.3 is 10.0 Å². The lowest BCUT2D eigenvalue weighted by Crippen LogP contribution is -2.49. The average molecular weight is 425 g/mol. The highest BCUT2D eigenvalue weighted by Crippen LogP contribution is 2.34. The van der Waals surface area contributed by atoms with E-state index in [2.05, 4.69) is 38.8 Å². The molecule has 20 heavy (non-hydrogen) atoms. The summed E-state index contributed by atoms with van der Waals surface area (Å²) in [7, 11) is 0. The van der Waals surface area contributed by atoms with Gasteiger partial charge in [0.15, 0.2) is 0 Å². The smallest absolute Gasteiger partial charge is 0.326 e. The van der Waals surface area contributed by atoms with Gasteiger partial charge in [0.1, 0.15) is 6.04 Å². The third kappa shape index (κ3) is 3.26. The van der Waals surface area contributed by atoms with Gasteiger partial charge >= 0.3 is 5.97 Å². The van der Waals surface area contributed by atoms with Crippen molar-refractivity contribution >= 4 is 55.1 Å². The molecule has 0 aliphatic carbocycles. The van der Waals surface area contributed by atoms with Gasteiger partial charge in [-0.05, 0) is 56.7 Å². The summed E-state index contributed by atoms with van der Waals surface area (Å²) < 4.78 is 1.66. The van der Waals surface area contributed by atoms with E-state index >= 15 is 0 Å². The topological polar surface area (TPSA) is 57.6 Å².